The predicted octanol–water partition coefficient (Wildman–Crippen LogP) is 3.11. The van der Waals surface area contributed by atoms with Crippen molar-refractivity contribution in [2.24, 2.45) is 0 Å². The molecule has 0 bridgehead atoms. The largest absolute Gasteiger partial charge is 0.378 e. The second kappa shape index (κ2) is 6.37. The molecule has 0 aliphatic rings. The van der Waals surface area contributed by atoms with Crippen LogP contribution in [0.3, 0.4) is 0 Å². The van der Waals surface area contributed by atoms with Crippen molar-refractivity contribution in [3.8, 4) is 0 Å². The standard InChI is InChI=1S/C14H18N2O2S2/c1-3-14-16-11(10-19-14)9-15-12-7-5-6-8-13(12)20(17,18)4-2/h5-8,10,15H,3-4,9H2,1-2H3. The molecule has 4 nitrogen and oxygen atoms in total. The Hall–Kier alpha value is -1.40. The van der Waals surface area contributed by atoms with Crippen LogP contribution in [-0.2, 0) is 22.8 Å². The maximum absolute atomic E-state index is 12.0. The molecule has 1 heterocycles. The average molecular weight is 310 g/mol. The molecule has 0 atom stereocenters. The Morgan fingerprint density at radius 3 is 2.65 bits per heavy atom. The summed E-state index contributed by atoms with van der Waals surface area (Å²) in [5.41, 5.74) is 1.58. The molecule has 0 unspecified atom stereocenters. The first-order chi connectivity index (χ1) is 9.56. The van der Waals surface area contributed by atoms with Crippen LogP contribution >= 0.6 is 11.3 Å². The molecule has 20 heavy (non-hydrogen) atoms. The van der Waals surface area contributed by atoms with Gasteiger partial charge in [-0.2, -0.15) is 0 Å². The molecular formula is C14H18N2O2S2. The normalized spacial score (nSPS) is 11.5. The van der Waals surface area contributed by atoms with Crippen LogP contribution in [0.1, 0.15) is 24.5 Å². The van der Waals surface area contributed by atoms with Gasteiger partial charge in [-0.15, -0.1) is 11.3 Å². The van der Waals surface area contributed by atoms with Gasteiger partial charge in [0.2, 0.25) is 0 Å². The molecule has 108 valence electrons. The van der Waals surface area contributed by atoms with E-state index < -0.39 is 9.84 Å². The van der Waals surface area contributed by atoms with Crippen LogP contribution in [0.15, 0.2) is 34.5 Å². The first kappa shape index (κ1) is 15.0. The van der Waals surface area contributed by atoms with E-state index >= 15 is 0 Å². The molecule has 0 saturated carbocycles. The fraction of sp³-hybridized carbons (Fsp3) is 0.357. The molecule has 0 aliphatic carbocycles. The van der Waals surface area contributed by atoms with Gasteiger partial charge in [0.1, 0.15) is 0 Å². The number of benzene rings is 1. The van der Waals surface area contributed by atoms with Gasteiger partial charge in [0.15, 0.2) is 9.84 Å². The summed E-state index contributed by atoms with van der Waals surface area (Å²) in [4.78, 5) is 4.82. The molecule has 1 aromatic carbocycles. The minimum Gasteiger partial charge on any atom is -0.378 e. The van der Waals surface area contributed by atoms with E-state index in [1.54, 1.807) is 36.5 Å². The van der Waals surface area contributed by atoms with Crippen LogP contribution in [0.25, 0.3) is 0 Å². The summed E-state index contributed by atoms with van der Waals surface area (Å²) in [5.74, 6) is 0.0996. The SMILES string of the molecule is CCc1nc(CNc2ccccc2S(=O)(=O)CC)cs1. The Bertz CT molecular complexity index is 678. The van der Waals surface area contributed by atoms with Crippen LogP contribution in [0.2, 0.25) is 0 Å². The number of aromatic nitrogens is 1. The van der Waals surface area contributed by atoms with Crippen molar-refractivity contribution in [3.63, 3.8) is 0 Å². The van der Waals surface area contributed by atoms with Crippen molar-refractivity contribution in [2.75, 3.05) is 11.1 Å². The van der Waals surface area contributed by atoms with E-state index in [-0.39, 0.29) is 5.75 Å². The first-order valence-corrected chi connectivity index (χ1v) is 9.09. The van der Waals surface area contributed by atoms with E-state index in [1.807, 2.05) is 11.4 Å². The summed E-state index contributed by atoms with van der Waals surface area (Å²) in [5, 5.41) is 6.27. The zero-order valence-corrected chi connectivity index (χ0v) is 13.2. The van der Waals surface area contributed by atoms with E-state index in [2.05, 4.69) is 17.2 Å². The van der Waals surface area contributed by atoms with Gasteiger partial charge in [-0.3, -0.25) is 0 Å². The van der Waals surface area contributed by atoms with Gasteiger partial charge in [-0.1, -0.05) is 26.0 Å². The topological polar surface area (TPSA) is 59.1 Å². The molecule has 0 aliphatic heterocycles. The second-order valence-electron chi connectivity index (χ2n) is 4.34. The minimum atomic E-state index is -3.21. The summed E-state index contributed by atoms with van der Waals surface area (Å²) in [6.45, 7) is 4.26. The van der Waals surface area contributed by atoms with Crippen LogP contribution < -0.4 is 5.32 Å². The fourth-order valence-electron chi connectivity index (χ4n) is 1.82. The average Bonchev–Trinajstić information content (AvgIpc) is 2.93. The third kappa shape index (κ3) is 3.37. The van der Waals surface area contributed by atoms with Crippen LogP contribution in [-0.4, -0.2) is 19.2 Å². The number of anilines is 1. The third-order valence-corrected chi connectivity index (χ3v) is 5.79. The Morgan fingerprint density at radius 2 is 2.00 bits per heavy atom. The van der Waals surface area contributed by atoms with Crippen molar-refractivity contribution in [3.05, 3.63) is 40.3 Å². The predicted molar refractivity (Wildman–Crippen MR) is 83.0 cm³/mol. The van der Waals surface area contributed by atoms with Gasteiger partial charge in [0, 0.05) is 5.38 Å². The zero-order valence-electron chi connectivity index (χ0n) is 11.6. The van der Waals surface area contributed by atoms with Crippen molar-refractivity contribution in [1.29, 1.82) is 0 Å². The van der Waals surface area contributed by atoms with Crippen molar-refractivity contribution < 1.29 is 8.42 Å². The van der Waals surface area contributed by atoms with Crippen molar-refractivity contribution in [1.82, 2.24) is 4.98 Å². The highest BCUT2D eigenvalue weighted by molar-refractivity contribution is 7.91. The van der Waals surface area contributed by atoms with Gasteiger partial charge in [0.25, 0.3) is 0 Å². The molecule has 0 spiro atoms. The molecular weight excluding hydrogens is 292 g/mol. The van der Waals surface area contributed by atoms with Gasteiger partial charge >= 0.3 is 0 Å². The number of nitrogens with zero attached hydrogens (tertiary/aromatic N) is 1. The van der Waals surface area contributed by atoms with E-state index in [0.717, 1.165) is 17.1 Å². The molecule has 6 heteroatoms. The number of hydrogen-bond acceptors (Lipinski definition) is 5. The monoisotopic (exact) mass is 310 g/mol. The Labute approximate surface area is 123 Å². The van der Waals surface area contributed by atoms with Crippen LogP contribution in [0.5, 0.6) is 0 Å². The molecule has 0 amide bonds. The number of para-hydroxylation sites is 1. The summed E-state index contributed by atoms with van der Waals surface area (Å²) in [6, 6.07) is 7.00. The number of nitrogens with one attached hydrogen (secondary N) is 1. The quantitative estimate of drug-likeness (QED) is 0.890. The van der Waals surface area contributed by atoms with E-state index in [9.17, 15) is 8.42 Å². The minimum absolute atomic E-state index is 0.0996. The zero-order chi connectivity index (χ0) is 14.6. The first-order valence-electron chi connectivity index (χ1n) is 6.55. The van der Waals surface area contributed by atoms with E-state index in [0.29, 0.717) is 17.1 Å². The lowest BCUT2D eigenvalue weighted by atomic mass is 10.3. The maximum Gasteiger partial charge on any atom is 0.180 e. The van der Waals surface area contributed by atoms with Crippen molar-refractivity contribution in [2.45, 2.75) is 31.7 Å². The highest BCUT2D eigenvalue weighted by atomic mass is 32.2. The Kier molecular flexibility index (Phi) is 4.77. The summed E-state index contributed by atoms with van der Waals surface area (Å²) < 4.78 is 24.1. The van der Waals surface area contributed by atoms with Crippen molar-refractivity contribution >= 4 is 26.9 Å². The van der Waals surface area contributed by atoms with Gasteiger partial charge in [-0.05, 0) is 18.6 Å². The number of aryl methyl sites for hydroxylation is 1. The molecule has 1 N–H and O–H groups in total. The molecule has 2 rings (SSSR count). The lowest BCUT2D eigenvalue weighted by Crippen LogP contribution is -2.09. The molecule has 0 saturated heterocycles. The number of rotatable bonds is 6. The number of thiazole rings is 1. The van der Waals surface area contributed by atoms with E-state index in [4.69, 9.17) is 0 Å². The van der Waals surface area contributed by atoms with Crippen LogP contribution in [0.4, 0.5) is 5.69 Å². The van der Waals surface area contributed by atoms with Crippen LogP contribution in [0, 0.1) is 0 Å². The van der Waals surface area contributed by atoms with E-state index in [1.165, 1.54) is 0 Å². The highest BCUT2D eigenvalue weighted by Gasteiger charge is 2.15. The third-order valence-electron chi connectivity index (χ3n) is 2.96. The lowest BCUT2D eigenvalue weighted by Gasteiger charge is -2.10. The highest BCUT2D eigenvalue weighted by Crippen LogP contribution is 2.22. The van der Waals surface area contributed by atoms with Gasteiger partial charge in [-0.25, -0.2) is 13.4 Å². The fourth-order valence-corrected chi connectivity index (χ4v) is 3.63. The summed E-state index contributed by atoms with van der Waals surface area (Å²) >= 11 is 1.63. The molecule has 2 aromatic rings. The molecule has 1 aromatic heterocycles. The number of sulfone groups is 1. The smallest absolute Gasteiger partial charge is 0.180 e. The Morgan fingerprint density at radius 1 is 1.25 bits per heavy atom. The number of hydrogen-bond donors (Lipinski definition) is 1. The molecule has 0 fully saturated rings. The maximum atomic E-state index is 12.0. The second-order valence-corrected chi connectivity index (χ2v) is 7.53. The van der Waals surface area contributed by atoms with Gasteiger partial charge < -0.3 is 5.32 Å². The summed E-state index contributed by atoms with van der Waals surface area (Å²) in [7, 11) is -3.21. The Balaban J connectivity index is 2.18. The summed E-state index contributed by atoms with van der Waals surface area (Å²) in [6.07, 6.45) is 0.922. The lowest BCUT2D eigenvalue weighted by molar-refractivity contribution is 0.597. The molecule has 0 radical (unpaired) electrons. The van der Waals surface area contributed by atoms with Gasteiger partial charge in [0.05, 0.1) is 33.6 Å².